The summed E-state index contributed by atoms with van der Waals surface area (Å²) in [6.07, 6.45) is 1.74. The lowest BCUT2D eigenvalue weighted by atomic mass is 9.89. The lowest BCUT2D eigenvalue weighted by molar-refractivity contribution is -0.122. The average Bonchev–Trinajstić information content (AvgIpc) is 3.13. The third-order valence-corrected chi connectivity index (χ3v) is 5.09. The summed E-state index contributed by atoms with van der Waals surface area (Å²) in [5.74, 6) is 3.04. The fourth-order valence-electron chi connectivity index (χ4n) is 3.71. The van der Waals surface area contributed by atoms with Gasteiger partial charge >= 0.3 is 0 Å². The van der Waals surface area contributed by atoms with E-state index in [0.717, 1.165) is 34.1 Å². The fourth-order valence-corrected chi connectivity index (χ4v) is 3.71. The Morgan fingerprint density at radius 3 is 2.75 bits per heavy atom. The summed E-state index contributed by atoms with van der Waals surface area (Å²) in [4.78, 5) is 12.7. The van der Waals surface area contributed by atoms with Crippen LogP contribution in [0.4, 0.5) is 0 Å². The molecule has 0 saturated carbocycles. The quantitative estimate of drug-likeness (QED) is 0.851. The number of carbonyl (C=O) groups is 1. The fraction of sp³-hybridized carbons (Fsp3) is 0.409. The Kier molecular flexibility index (Phi) is 4.79. The standard InChI is InChI=1S/C22H25NO5/c1-22(2)12-17(16-11-15(25-3)6-8-18(16)28-22)23-21(24)9-5-14-4-7-19-20(10-14)27-13-26-19/h4,6-8,10-11,17H,5,9,12-13H2,1-3H3,(H,23,24)/t17-/m0/s1. The van der Waals surface area contributed by atoms with Gasteiger partial charge in [-0.15, -0.1) is 0 Å². The van der Waals surface area contributed by atoms with Crippen LogP contribution < -0.4 is 24.3 Å². The van der Waals surface area contributed by atoms with Crippen molar-refractivity contribution >= 4 is 5.91 Å². The second-order valence-corrected chi connectivity index (χ2v) is 7.78. The molecular formula is C22H25NO5. The van der Waals surface area contributed by atoms with E-state index in [1.54, 1.807) is 7.11 Å². The van der Waals surface area contributed by atoms with Gasteiger partial charge in [0.15, 0.2) is 11.5 Å². The zero-order valence-electron chi connectivity index (χ0n) is 16.4. The topological polar surface area (TPSA) is 66.0 Å². The van der Waals surface area contributed by atoms with E-state index in [2.05, 4.69) is 5.32 Å². The predicted octanol–water partition coefficient (Wildman–Crippen LogP) is 3.78. The van der Waals surface area contributed by atoms with Gasteiger partial charge in [0.25, 0.3) is 0 Å². The molecule has 0 aromatic heterocycles. The number of hydrogen-bond donors (Lipinski definition) is 1. The predicted molar refractivity (Wildman–Crippen MR) is 104 cm³/mol. The molecule has 2 aromatic rings. The van der Waals surface area contributed by atoms with Gasteiger partial charge in [0.2, 0.25) is 12.7 Å². The minimum Gasteiger partial charge on any atom is -0.497 e. The van der Waals surface area contributed by atoms with Crippen LogP contribution >= 0.6 is 0 Å². The van der Waals surface area contributed by atoms with Crippen LogP contribution in [0.15, 0.2) is 36.4 Å². The molecule has 0 radical (unpaired) electrons. The molecule has 28 heavy (non-hydrogen) atoms. The molecule has 0 fully saturated rings. The third-order valence-electron chi connectivity index (χ3n) is 5.09. The summed E-state index contributed by atoms with van der Waals surface area (Å²) in [6.45, 7) is 4.32. The normalized spacial score (nSPS) is 18.8. The van der Waals surface area contributed by atoms with E-state index in [0.29, 0.717) is 19.3 Å². The number of benzene rings is 2. The van der Waals surface area contributed by atoms with Crippen LogP contribution in [0.5, 0.6) is 23.0 Å². The first-order valence-corrected chi connectivity index (χ1v) is 9.48. The number of amides is 1. The van der Waals surface area contributed by atoms with Crippen molar-refractivity contribution in [3.8, 4) is 23.0 Å². The molecule has 0 saturated heterocycles. The van der Waals surface area contributed by atoms with E-state index in [1.165, 1.54) is 0 Å². The zero-order valence-corrected chi connectivity index (χ0v) is 16.4. The maximum absolute atomic E-state index is 12.7. The smallest absolute Gasteiger partial charge is 0.231 e. The van der Waals surface area contributed by atoms with E-state index in [9.17, 15) is 4.79 Å². The van der Waals surface area contributed by atoms with Gasteiger partial charge in [-0.25, -0.2) is 0 Å². The average molecular weight is 383 g/mol. The Hall–Kier alpha value is -2.89. The van der Waals surface area contributed by atoms with E-state index in [4.69, 9.17) is 18.9 Å². The van der Waals surface area contributed by atoms with E-state index < -0.39 is 0 Å². The van der Waals surface area contributed by atoms with Crippen LogP contribution in [0.2, 0.25) is 0 Å². The molecule has 2 aliphatic rings. The molecule has 1 atom stereocenters. The highest BCUT2D eigenvalue weighted by atomic mass is 16.7. The Morgan fingerprint density at radius 2 is 1.93 bits per heavy atom. The first-order chi connectivity index (χ1) is 13.4. The molecule has 148 valence electrons. The first kappa shape index (κ1) is 18.5. The zero-order chi connectivity index (χ0) is 19.7. The molecule has 1 N–H and O–H groups in total. The number of methoxy groups -OCH3 is 1. The summed E-state index contributed by atoms with van der Waals surface area (Å²) >= 11 is 0. The highest BCUT2D eigenvalue weighted by molar-refractivity contribution is 5.77. The minimum absolute atomic E-state index is 0.00846. The third kappa shape index (κ3) is 3.86. The molecule has 6 heteroatoms. The molecule has 0 unspecified atom stereocenters. The number of nitrogens with one attached hydrogen (secondary N) is 1. The molecule has 4 rings (SSSR count). The molecule has 0 aliphatic carbocycles. The van der Waals surface area contributed by atoms with Crippen LogP contribution in [0, 0.1) is 0 Å². The SMILES string of the molecule is COc1ccc2c(c1)[C@@H](NC(=O)CCc1ccc3c(c1)OCO3)CC(C)(C)O2. The lowest BCUT2D eigenvalue weighted by Gasteiger charge is -2.38. The highest BCUT2D eigenvalue weighted by Gasteiger charge is 2.34. The van der Waals surface area contributed by atoms with Crippen molar-refractivity contribution in [2.75, 3.05) is 13.9 Å². The van der Waals surface area contributed by atoms with Crippen molar-refractivity contribution in [3.63, 3.8) is 0 Å². The van der Waals surface area contributed by atoms with Crippen molar-refractivity contribution in [1.29, 1.82) is 0 Å². The molecule has 6 nitrogen and oxygen atoms in total. The molecule has 2 heterocycles. The molecule has 2 aliphatic heterocycles. The van der Waals surface area contributed by atoms with E-state index >= 15 is 0 Å². The van der Waals surface area contributed by atoms with Crippen molar-refractivity contribution in [3.05, 3.63) is 47.5 Å². The minimum atomic E-state index is -0.350. The van der Waals surface area contributed by atoms with Crippen molar-refractivity contribution in [2.24, 2.45) is 0 Å². The van der Waals surface area contributed by atoms with E-state index in [1.807, 2.05) is 50.2 Å². The molecular weight excluding hydrogens is 358 g/mol. The van der Waals surface area contributed by atoms with Gasteiger partial charge in [0, 0.05) is 18.4 Å². The van der Waals surface area contributed by atoms with Crippen LogP contribution in [0.1, 0.15) is 43.9 Å². The Morgan fingerprint density at radius 1 is 1.14 bits per heavy atom. The maximum Gasteiger partial charge on any atom is 0.231 e. The monoisotopic (exact) mass is 383 g/mol. The van der Waals surface area contributed by atoms with Gasteiger partial charge in [-0.05, 0) is 56.2 Å². The Balaban J connectivity index is 1.44. The Bertz CT molecular complexity index is 892. The second-order valence-electron chi connectivity index (χ2n) is 7.78. The van der Waals surface area contributed by atoms with E-state index in [-0.39, 0.29) is 24.3 Å². The number of ether oxygens (including phenoxy) is 4. The van der Waals surface area contributed by atoms with Gasteiger partial charge in [-0.1, -0.05) is 6.07 Å². The molecule has 2 aromatic carbocycles. The molecule has 1 amide bonds. The molecule has 0 spiro atoms. The summed E-state index contributed by atoms with van der Waals surface area (Å²) < 4.78 is 22.1. The lowest BCUT2D eigenvalue weighted by Crippen LogP contribution is -2.41. The van der Waals surface area contributed by atoms with Crippen LogP contribution in [0.3, 0.4) is 0 Å². The second kappa shape index (κ2) is 7.26. The van der Waals surface area contributed by atoms with Crippen LogP contribution in [-0.4, -0.2) is 25.4 Å². The van der Waals surface area contributed by atoms with Gasteiger partial charge < -0.3 is 24.3 Å². The van der Waals surface area contributed by atoms with Crippen LogP contribution in [-0.2, 0) is 11.2 Å². The van der Waals surface area contributed by atoms with Gasteiger partial charge in [0.1, 0.15) is 17.1 Å². The summed E-state index contributed by atoms with van der Waals surface area (Å²) in [6, 6.07) is 11.4. The maximum atomic E-state index is 12.7. The summed E-state index contributed by atoms with van der Waals surface area (Å²) in [7, 11) is 1.63. The Labute approximate surface area is 164 Å². The number of aryl methyl sites for hydroxylation is 1. The number of hydrogen-bond acceptors (Lipinski definition) is 5. The first-order valence-electron chi connectivity index (χ1n) is 9.48. The van der Waals surface area contributed by atoms with Gasteiger partial charge in [0.05, 0.1) is 13.2 Å². The largest absolute Gasteiger partial charge is 0.497 e. The highest BCUT2D eigenvalue weighted by Crippen LogP contribution is 2.41. The number of carbonyl (C=O) groups excluding carboxylic acids is 1. The van der Waals surface area contributed by atoms with Gasteiger partial charge in [-0.2, -0.15) is 0 Å². The number of fused-ring (bicyclic) bond motifs is 2. The number of rotatable bonds is 5. The molecule has 0 bridgehead atoms. The van der Waals surface area contributed by atoms with Crippen LogP contribution in [0.25, 0.3) is 0 Å². The van der Waals surface area contributed by atoms with Gasteiger partial charge in [-0.3, -0.25) is 4.79 Å². The van der Waals surface area contributed by atoms with Crippen molar-refractivity contribution in [1.82, 2.24) is 5.32 Å². The van der Waals surface area contributed by atoms with Crippen molar-refractivity contribution in [2.45, 2.75) is 44.8 Å². The summed E-state index contributed by atoms with van der Waals surface area (Å²) in [5, 5.41) is 3.17. The van der Waals surface area contributed by atoms with Crippen molar-refractivity contribution < 1.29 is 23.7 Å². The summed E-state index contributed by atoms with van der Waals surface area (Å²) in [5.41, 5.74) is 1.65.